The molecule has 18 heavy (non-hydrogen) atoms. The quantitative estimate of drug-likeness (QED) is 0.873. The number of hydrogen-bond donors (Lipinski definition) is 1. The van der Waals surface area contributed by atoms with Crippen molar-refractivity contribution in [1.29, 1.82) is 0 Å². The van der Waals surface area contributed by atoms with Crippen LogP contribution in [0.3, 0.4) is 0 Å². The average molecular weight is 329 g/mol. The van der Waals surface area contributed by atoms with Crippen LogP contribution in [0.4, 0.5) is 5.69 Å². The number of nitrogens with one attached hydrogen (secondary N) is 1. The predicted octanol–water partition coefficient (Wildman–Crippen LogP) is 3.51. The van der Waals surface area contributed by atoms with Crippen molar-refractivity contribution in [1.82, 2.24) is 9.97 Å². The van der Waals surface area contributed by atoms with Crippen molar-refractivity contribution in [2.45, 2.75) is 6.54 Å². The lowest BCUT2D eigenvalue weighted by Gasteiger charge is -2.08. The lowest BCUT2D eigenvalue weighted by Crippen LogP contribution is -2.01. The van der Waals surface area contributed by atoms with Gasteiger partial charge in [-0.15, -0.1) is 0 Å². The number of hydrogen-bond acceptors (Lipinski definition) is 4. The molecule has 2 aromatic rings. The molecule has 2 rings (SSSR count). The van der Waals surface area contributed by atoms with Crippen molar-refractivity contribution >= 4 is 33.2 Å². The SMILES string of the molecule is COc1ccc(CNc2cc(Br)cnc2Cl)cn1. The molecule has 0 aliphatic heterocycles. The second-order valence-electron chi connectivity index (χ2n) is 3.55. The fourth-order valence-electron chi connectivity index (χ4n) is 1.38. The first-order chi connectivity index (χ1) is 8.69. The molecule has 1 N–H and O–H groups in total. The van der Waals surface area contributed by atoms with Crippen LogP contribution in [0.1, 0.15) is 5.56 Å². The predicted molar refractivity (Wildman–Crippen MR) is 75.1 cm³/mol. The second-order valence-corrected chi connectivity index (χ2v) is 4.83. The Bertz CT molecular complexity index is 533. The number of aromatic nitrogens is 2. The van der Waals surface area contributed by atoms with E-state index in [9.17, 15) is 0 Å². The Morgan fingerprint density at radius 1 is 1.33 bits per heavy atom. The summed E-state index contributed by atoms with van der Waals surface area (Å²) in [5.41, 5.74) is 1.81. The number of pyridine rings is 2. The third kappa shape index (κ3) is 3.34. The fraction of sp³-hybridized carbons (Fsp3) is 0.167. The maximum atomic E-state index is 5.98. The average Bonchev–Trinajstić information content (AvgIpc) is 2.40. The van der Waals surface area contributed by atoms with Crippen LogP contribution in [0.5, 0.6) is 5.88 Å². The van der Waals surface area contributed by atoms with Gasteiger partial charge < -0.3 is 10.1 Å². The maximum absolute atomic E-state index is 5.98. The minimum atomic E-state index is 0.444. The van der Waals surface area contributed by atoms with Gasteiger partial charge in [0.25, 0.3) is 0 Å². The molecule has 2 heterocycles. The normalized spacial score (nSPS) is 10.2. The standard InChI is InChI=1S/C12H11BrClN3O/c1-18-11-3-2-8(6-16-11)5-15-10-4-9(13)7-17-12(10)14/h2-4,6-7,15H,5H2,1H3. The number of anilines is 1. The largest absolute Gasteiger partial charge is 0.481 e. The Labute approximate surface area is 118 Å². The van der Waals surface area contributed by atoms with Crippen LogP contribution in [0, 0.1) is 0 Å². The molecule has 0 amide bonds. The summed E-state index contributed by atoms with van der Waals surface area (Å²) in [6, 6.07) is 5.64. The maximum Gasteiger partial charge on any atom is 0.212 e. The Morgan fingerprint density at radius 3 is 2.83 bits per heavy atom. The smallest absolute Gasteiger partial charge is 0.212 e. The number of halogens is 2. The summed E-state index contributed by atoms with van der Waals surface area (Å²) >= 11 is 9.33. The first kappa shape index (κ1) is 13.1. The van der Waals surface area contributed by atoms with Gasteiger partial charge in [0.1, 0.15) is 0 Å². The lowest BCUT2D eigenvalue weighted by molar-refractivity contribution is 0.397. The zero-order valence-corrected chi connectivity index (χ0v) is 12.0. The van der Waals surface area contributed by atoms with E-state index in [2.05, 4.69) is 31.2 Å². The molecular formula is C12H11BrClN3O. The summed E-state index contributed by atoms with van der Waals surface area (Å²) in [5, 5.41) is 3.65. The van der Waals surface area contributed by atoms with Crippen molar-refractivity contribution in [2.75, 3.05) is 12.4 Å². The zero-order valence-electron chi connectivity index (χ0n) is 9.65. The van der Waals surface area contributed by atoms with E-state index in [4.69, 9.17) is 16.3 Å². The van der Waals surface area contributed by atoms with Crippen LogP contribution < -0.4 is 10.1 Å². The van der Waals surface area contributed by atoms with Crippen LogP contribution in [-0.2, 0) is 6.54 Å². The van der Waals surface area contributed by atoms with Crippen molar-refractivity contribution in [2.24, 2.45) is 0 Å². The molecule has 0 aliphatic rings. The molecule has 4 nitrogen and oxygen atoms in total. The van der Waals surface area contributed by atoms with Crippen molar-refractivity contribution in [3.63, 3.8) is 0 Å². The van der Waals surface area contributed by atoms with Gasteiger partial charge in [-0.05, 0) is 27.6 Å². The van der Waals surface area contributed by atoms with Crippen molar-refractivity contribution in [3.05, 3.63) is 45.8 Å². The number of nitrogens with zero attached hydrogens (tertiary/aromatic N) is 2. The van der Waals surface area contributed by atoms with Crippen LogP contribution >= 0.6 is 27.5 Å². The highest BCUT2D eigenvalue weighted by molar-refractivity contribution is 9.10. The molecule has 0 saturated carbocycles. The Kier molecular flexibility index (Phi) is 4.38. The topological polar surface area (TPSA) is 47.0 Å². The van der Waals surface area contributed by atoms with Crippen molar-refractivity contribution < 1.29 is 4.74 Å². The Hall–Kier alpha value is -1.33. The fourth-order valence-corrected chi connectivity index (χ4v) is 1.88. The summed E-state index contributed by atoms with van der Waals surface area (Å²) in [4.78, 5) is 8.17. The van der Waals surface area contributed by atoms with Gasteiger partial charge in [-0.1, -0.05) is 17.7 Å². The second kappa shape index (κ2) is 6.02. The molecule has 0 saturated heterocycles. The van der Waals surface area contributed by atoms with E-state index in [0.29, 0.717) is 17.6 Å². The molecule has 0 aliphatic carbocycles. The van der Waals surface area contributed by atoms with E-state index in [1.807, 2.05) is 18.2 Å². The monoisotopic (exact) mass is 327 g/mol. The lowest BCUT2D eigenvalue weighted by atomic mass is 10.3. The third-order valence-electron chi connectivity index (χ3n) is 2.30. The van der Waals surface area contributed by atoms with Gasteiger partial charge in [-0.2, -0.15) is 0 Å². The van der Waals surface area contributed by atoms with E-state index >= 15 is 0 Å². The van der Waals surface area contributed by atoms with Gasteiger partial charge in [0.15, 0.2) is 5.15 Å². The van der Waals surface area contributed by atoms with Gasteiger partial charge in [0.05, 0.1) is 12.8 Å². The third-order valence-corrected chi connectivity index (χ3v) is 3.03. The summed E-state index contributed by atoms with van der Waals surface area (Å²) in [6.45, 7) is 0.620. The summed E-state index contributed by atoms with van der Waals surface area (Å²) in [6.07, 6.45) is 3.41. The van der Waals surface area contributed by atoms with Crippen LogP contribution in [0.25, 0.3) is 0 Å². The van der Waals surface area contributed by atoms with E-state index in [1.165, 1.54) is 0 Å². The molecule has 0 unspecified atom stereocenters. The zero-order chi connectivity index (χ0) is 13.0. The highest BCUT2D eigenvalue weighted by atomic mass is 79.9. The Morgan fingerprint density at radius 2 is 2.17 bits per heavy atom. The summed E-state index contributed by atoms with van der Waals surface area (Å²) < 4.78 is 5.88. The van der Waals surface area contributed by atoms with Gasteiger partial charge in [-0.3, -0.25) is 0 Å². The molecule has 0 fully saturated rings. The summed E-state index contributed by atoms with van der Waals surface area (Å²) in [7, 11) is 1.59. The first-order valence-corrected chi connectivity index (χ1v) is 6.40. The molecule has 0 bridgehead atoms. The molecule has 6 heteroatoms. The van der Waals surface area contributed by atoms with Gasteiger partial charge in [0, 0.05) is 29.5 Å². The molecule has 0 aromatic carbocycles. The molecule has 2 aromatic heterocycles. The highest BCUT2D eigenvalue weighted by Crippen LogP contribution is 2.23. The van der Waals surface area contributed by atoms with Crippen LogP contribution in [0.15, 0.2) is 35.1 Å². The number of ether oxygens (including phenoxy) is 1. The number of rotatable bonds is 4. The van der Waals surface area contributed by atoms with Gasteiger partial charge in [0.2, 0.25) is 5.88 Å². The minimum Gasteiger partial charge on any atom is -0.481 e. The van der Waals surface area contributed by atoms with E-state index in [1.54, 1.807) is 19.5 Å². The molecule has 0 radical (unpaired) electrons. The van der Waals surface area contributed by atoms with E-state index in [-0.39, 0.29) is 0 Å². The molecule has 0 spiro atoms. The Balaban J connectivity index is 2.04. The highest BCUT2D eigenvalue weighted by Gasteiger charge is 2.02. The summed E-state index contributed by atoms with van der Waals surface area (Å²) in [5.74, 6) is 0.598. The minimum absolute atomic E-state index is 0.444. The van der Waals surface area contributed by atoms with Crippen LogP contribution in [0.2, 0.25) is 5.15 Å². The van der Waals surface area contributed by atoms with Gasteiger partial charge in [-0.25, -0.2) is 9.97 Å². The van der Waals surface area contributed by atoms with Crippen molar-refractivity contribution in [3.8, 4) is 5.88 Å². The van der Waals surface area contributed by atoms with E-state index in [0.717, 1.165) is 15.7 Å². The first-order valence-electron chi connectivity index (χ1n) is 5.23. The van der Waals surface area contributed by atoms with Crippen LogP contribution in [-0.4, -0.2) is 17.1 Å². The molecule has 0 atom stereocenters. The molecular weight excluding hydrogens is 318 g/mol. The van der Waals surface area contributed by atoms with Gasteiger partial charge >= 0.3 is 0 Å². The molecule has 94 valence electrons. The number of methoxy groups -OCH3 is 1. The van der Waals surface area contributed by atoms with E-state index < -0.39 is 0 Å².